The zero-order chi connectivity index (χ0) is 19.3. The smallest absolute Gasteiger partial charge is 0.475 e. The van der Waals surface area contributed by atoms with E-state index in [1.54, 1.807) is 36.7 Å². The number of benzene rings is 1. The van der Waals surface area contributed by atoms with Crippen LogP contribution in [0.5, 0.6) is 0 Å². The first kappa shape index (κ1) is 19.7. The average Bonchev–Trinajstić information content (AvgIpc) is 3.07. The van der Waals surface area contributed by atoms with Gasteiger partial charge in [-0.15, -0.1) is 10.2 Å². The molecular weight excluding hydrogens is 398 g/mol. The Labute approximate surface area is 154 Å². The maximum Gasteiger partial charge on any atom is 0.490 e. The molecule has 0 atom stereocenters. The van der Waals surface area contributed by atoms with Crippen LogP contribution in [0.1, 0.15) is 0 Å². The van der Waals surface area contributed by atoms with Gasteiger partial charge in [0.2, 0.25) is 11.8 Å². The zero-order valence-corrected chi connectivity index (χ0v) is 14.0. The predicted molar refractivity (Wildman–Crippen MR) is 86.7 cm³/mol. The lowest BCUT2D eigenvalue weighted by molar-refractivity contribution is -0.192. The van der Waals surface area contributed by atoms with E-state index in [-0.39, 0.29) is 0 Å². The molecule has 26 heavy (non-hydrogen) atoms. The first-order valence-electron chi connectivity index (χ1n) is 6.68. The third kappa shape index (κ3) is 5.17. The summed E-state index contributed by atoms with van der Waals surface area (Å²) >= 11 is 12.0. The lowest BCUT2D eigenvalue weighted by Crippen LogP contribution is -2.21. The molecular formula is C15H8Cl2F3N3O3. The Morgan fingerprint density at radius 3 is 2.35 bits per heavy atom. The second-order valence-corrected chi connectivity index (χ2v) is 5.42. The fraction of sp³-hybridized carbons (Fsp3) is 0.0667. The number of carboxylic acids is 1. The van der Waals surface area contributed by atoms with Gasteiger partial charge in [-0.1, -0.05) is 23.2 Å². The normalized spacial score (nSPS) is 10.8. The highest BCUT2D eigenvalue weighted by Crippen LogP contribution is 2.31. The molecule has 0 aliphatic carbocycles. The van der Waals surface area contributed by atoms with Crippen LogP contribution >= 0.6 is 23.2 Å². The fourth-order valence-corrected chi connectivity index (χ4v) is 1.97. The molecule has 0 bridgehead atoms. The average molecular weight is 406 g/mol. The van der Waals surface area contributed by atoms with Crippen molar-refractivity contribution in [3.63, 3.8) is 0 Å². The number of alkyl halides is 3. The minimum absolute atomic E-state index is 0.325. The lowest BCUT2D eigenvalue weighted by atomic mass is 10.2. The summed E-state index contributed by atoms with van der Waals surface area (Å²) in [5.74, 6) is -2.04. The van der Waals surface area contributed by atoms with Gasteiger partial charge in [0.05, 0.1) is 16.1 Å². The number of carbonyl (C=O) groups is 1. The van der Waals surface area contributed by atoms with Gasteiger partial charge in [-0.3, -0.25) is 4.98 Å². The first-order chi connectivity index (χ1) is 12.2. The molecule has 0 unspecified atom stereocenters. The van der Waals surface area contributed by atoms with Crippen LogP contribution in [0.25, 0.3) is 22.9 Å². The van der Waals surface area contributed by atoms with Crippen molar-refractivity contribution in [2.24, 2.45) is 0 Å². The zero-order valence-electron chi connectivity index (χ0n) is 12.5. The molecule has 0 saturated carbocycles. The number of aromatic nitrogens is 3. The molecule has 6 nitrogen and oxygen atoms in total. The van der Waals surface area contributed by atoms with E-state index in [1.165, 1.54) is 0 Å². The molecule has 0 aliphatic heterocycles. The number of hydrogen-bond donors (Lipinski definition) is 1. The van der Waals surface area contributed by atoms with Gasteiger partial charge in [0.25, 0.3) is 0 Å². The van der Waals surface area contributed by atoms with Crippen molar-refractivity contribution in [1.82, 2.24) is 15.2 Å². The number of hydrogen-bond acceptors (Lipinski definition) is 5. The highest BCUT2D eigenvalue weighted by atomic mass is 35.5. The van der Waals surface area contributed by atoms with Gasteiger partial charge >= 0.3 is 12.1 Å². The molecule has 3 rings (SSSR count). The molecule has 11 heteroatoms. The maximum atomic E-state index is 10.6. The van der Waals surface area contributed by atoms with E-state index in [0.717, 1.165) is 5.56 Å². The van der Waals surface area contributed by atoms with Crippen LogP contribution in [-0.4, -0.2) is 32.4 Å². The van der Waals surface area contributed by atoms with Gasteiger partial charge < -0.3 is 9.52 Å². The molecule has 1 N–H and O–H groups in total. The molecule has 0 spiro atoms. The molecule has 2 aromatic heterocycles. The van der Waals surface area contributed by atoms with E-state index in [4.69, 9.17) is 37.5 Å². The first-order valence-corrected chi connectivity index (χ1v) is 7.43. The maximum absolute atomic E-state index is 10.6. The van der Waals surface area contributed by atoms with Gasteiger partial charge in [0, 0.05) is 17.4 Å². The van der Waals surface area contributed by atoms with Crippen molar-refractivity contribution < 1.29 is 27.5 Å². The Hall–Kier alpha value is -2.65. The van der Waals surface area contributed by atoms with Crippen molar-refractivity contribution in [2.75, 3.05) is 0 Å². The van der Waals surface area contributed by atoms with E-state index in [9.17, 15) is 13.2 Å². The molecule has 0 radical (unpaired) electrons. The van der Waals surface area contributed by atoms with Crippen LogP contribution in [0.3, 0.4) is 0 Å². The van der Waals surface area contributed by atoms with Crippen LogP contribution in [0, 0.1) is 0 Å². The van der Waals surface area contributed by atoms with Gasteiger partial charge in [-0.05, 0) is 30.3 Å². The third-order valence-corrected chi connectivity index (χ3v) is 3.30. The standard InChI is InChI=1S/C13H7Cl2N3O.C2HF3O2/c14-9-3-4-11(15)10(6-9)13-18-17-12(19-13)8-2-1-5-16-7-8;3-2(4,5)1(6)7/h1-7H;(H,6,7). The summed E-state index contributed by atoms with van der Waals surface area (Å²) in [6.45, 7) is 0. The molecule has 0 saturated heterocycles. The Morgan fingerprint density at radius 1 is 1.12 bits per heavy atom. The Morgan fingerprint density at radius 2 is 1.77 bits per heavy atom. The van der Waals surface area contributed by atoms with Crippen molar-refractivity contribution in [1.29, 1.82) is 0 Å². The Kier molecular flexibility index (Phi) is 6.17. The summed E-state index contributed by atoms with van der Waals surface area (Å²) < 4.78 is 37.3. The molecule has 0 aliphatic rings. The highest BCUT2D eigenvalue weighted by Gasteiger charge is 2.38. The van der Waals surface area contributed by atoms with Crippen molar-refractivity contribution in [3.8, 4) is 22.9 Å². The van der Waals surface area contributed by atoms with Crippen LogP contribution in [0.4, 0.5) is 13.2 Å². The second kappa shape index (κ2) is 8.15. The summed E-state index contributed by atoms with van der Waals surface area (Å²) in [4.78, 5) is 12.9. The highest BCUT2D eigenvalue weighted by molar-refractivity contribution is 6.35. The van der Waals surface area contributed by atoms with Gasteiger partial charge in [0.1, 0.15) is 0 Å². The van der Waals surface area contributed by atoms with E-state index in [1.807, 2.05) is 6.07 Å². The number of rotatable bonds is 2. The van der Waals surface area contributed by atoms with E-state index < -0.39 is 12.1 Å². The van der Waals surface area contributed by atoms with E-state index >= 15 is 0 Å². The molecule has 2 heterocycles. The number of pyridine rings is 1. The topological polar surface area (TPSA) is 89.1 Å². The lowest BCUT2D eigenvalue weighted by Gasteiger charge is -1.99. The summed E-state index contributed by atoms with van der Waals surface area (Å²) in [5, 5.41) is 16.1. The van der Waals surface area contributed by atoms with Crippen LogP contribution in [0.15, 0.2) is 47.1 Å². The summed E-state index contributed by atoms with van der Waals surface area (Å²) in [6.07, 6.45) is -1.76. The molecule has 136 valence electrons. The summed E-state index contributed by atoms with van der Waals surface area (Å²) in [5.41, 5.74) is 1.36. The minimum Gasteiger partial charge on any atom is -0.475 e. The van der Waals surface area contributed by atoms with Crippen LogP contribution < -0.4 is 0 Å². The number of aliphatic carboxylic acids is 1. The van der Waals surface area contributed by atoms with E-state index in [2.05, 4.69) is 15.2 Å². The SMILES string of the molecule is Clc1ccc(Cl)c(-c2nnc(-c3cccnc3)o2)c1.O=C(O)C(F)(F)F. The summed E-state index contributed by atoms with van der Waals surface area (Å²) in [6, 6.07) is 8.71. The van der Waals surface area contributed by atoms with Crippen LogP contribution in [-0.2, 0) is 4.79 Å². The Balaban J connectivity index is 0.000000298. The number of halogens is 5. The quantitative estimate of drug-likeness (QED) is 0.662. The number of carboxylic acid groups (broad SMARTS) is 1. The van der Waals surface area contributed by atoms with Crippen LogP contribution in [0.2, 0.25) is 10.0 Å². The predicted octanol–water partition coefficient (Wildman–Crippen LogP) is 4.74. The summed E-state index contributed by atoms with van der Waals surface area (Å²) in [7, 11) is 0. The minimum atomic E-state index is -5.08. The molecule has 1 aromatic carbocycles. The van der Waals surface area contributed by atoms with Crippen molar-refractivity contribution >= 4 is 29.2 Å². The van der Waals surface area contributed by atoms with Crippen molar-refractivity contribution in [2.45, 2.75) is 6.18 Å². The Bertz CT molecular complexity index is 902. The van der Waals surface area contributed by atoms with Gasteiger partial charge in [0.15, 0.2) is 0 Å². The molecule has 3 aromatic rings. The van der Waals surface area contributed by atoms with Crippen molar-refractivity contribution in [3.05, 3.63) is 52.8 Å². The fourth-order valence-electron chi connectivity index (χ4n) is 1.60. The molecule has 0 fully saturated rings. The van der Waals surface area contributed by atoms with Gasteiger partial charge in [-0.25, -0.2) is 4.79 Å². The monoisotopic (exact) mass is 405 g/mol. The van der Waals surface area contributed by atoms with Gasteiger partial charge in [-0.2, -0.15) is 13.2 Å². The second-order valence-electron chi connectivity index (χ2n) is 4.58. The largest absolute Gasteiger partial charge is 0.490 e. The van der Waals surface area contributed by atoms with E-state index in [0.29, 0.717) is 27.4 Å². The number of nitrogens with zero attached hydrogens (tertiary/aromatic N) is 3. The third-order valence-electron chi connectivity index (χ3n) is 2.73. The molecule has 0 amide bonds.